The molecular weight excluding hydrogens is 324 g/mol. The molecule has 1 heterocycles. The van der Waals surface area contributed by atoms with E-state index in [2.05, 4.69) is 51.7 Å². The van der Waals surface area contributed by atoms with Crippen LogP contribution in [0.1, 0.15) is 23.9 Å². The average molecular weight is 346 g/mol. The standard InChI is InChI=1S/C21H22N4O/c1-14-8-10-17(11-9-14)15(2)24-25-21-13-20(22-16(3)23-21)18-6-5-7-19(12-18)26-4/h5-13H,1-4H3,(H,22,23,25). The average Bonchev–Trinajstić information content (AvgIpc) is 2.66. The smallest absolute Gasteiger partial charge is 0.150 e. The molecule has 0 aliphatic rings. The van der Waals surface area contributed by atoms with E-state index in [0.29, 0.717) is 11.6 Å². The number of aryl methyl sites for hydroxylation is 2. The third-order valence-electron chi connectivity index (χ3n) is 4.01. The molecule has 0 saturated heterocycles. The number of methoxy groups -OCH3 is 1. The molecule has 0 saturated carbocycles. The van der Waals surface area contributed by atoms with Crippen molar-refractivity contribution < 1.29 is 4.74 Å². The van der Waals surface area contributed by atoms with Gasteiger partial charge in [-0.2, -0.15) is 5.10 Å². The predicted octanol–water partition coefficient (Wildman–Crippen LogP) is 4.61. The van der Waals surface area contributed by atoms with Gasteiger partial charge in [-0.1, -0.05) is 42.0 Å². The summed E-state index contributed by atoms with van der Waals surface area (Å²) in [6.07, 6.45) is 0. The lowest BCUT2D eigenvalue weighted by atomic mass is 10.1. The summed E-state index contributed by atoms with van der Waals surface area (Å²) in [5.41, 5.74) is 8.02. The van der Waals surface area contributed by atoms with Gasteiger partial charge in [-0.3, -0.25) is 5.43 Å². The van der Waals surface area contributed by atoms with Crippen molar-refractivity contribution in [2.24, 2.45) is 5.10 Å². The molecule has 0 aliphatic carbocycles. The Bertz CT molecular complexity index is 933. The Morgan fingerprint density at radius 3 is 2.50 bits per heavy atom. The minimum Gasteiger partial charge on any atom is -0.497 e. The van der Waals surface area contributed by atoms with Crippen LogP contribution in [0.4, 0.5) is 5.82 Å². The van der Waals surface area contributed by atoms with Crippen LogP contribution in [0.3, 0.4) is 0 Å². The summed E-state index contributed by atoms with van der Waals surface area (Å²) in [7, 11) is 1.65. The second-order valence-corrected chi connectivity index (χ2v) is 6.09. The molecule has 5 nitrogen and oxygen atoms in total. The predicted molar refractivity (Wildman–Crippen MR) is 106 cm³/mol. The molecule has 26 heavy (non-hydrogen) atoms. The lowest BCUT2D eigenvalue weighted by Gasteiger charge is -2.08. The first-order valence-corrected chi connectivity index (χ1v) is 8.42. The zero-order valence-corrected chi connectivity index (χ0v) is 15.4. The number of benzene rings is 2. The largest absolute Gasteiger partial charge is 0.497 e. The molecule has 0 aliphatic heterocycles. The normalized spacial score (nSPS) is 11.3. The van der Waals surface area contributed by atoms with Gasteiger partial charge in [-0.15, -0.1) is 0 Å². The fourth-order valence-electron chi connectivity index (χ4n) is 2.56. The highest BCUT2D eigenvalue weighted by atomic mass is 16.5. The van der Waals surface area contributed by atoms with Crippen molar-refractivity contribution in [3.05, 3.63) is 71.5 Å². The SMILES string of the molecule is COc1cccc(-c2cc(NN=C(C)c3ccc(C)cc3)nc(C)n2)c1. The number of anilines is 1. The van der Waals surface area contributed by atoms with E-state index in [4.69, 9.17) is 4.74 Å². The van der Waals surface area contributed by atoms with Crippen LogP contribution in [-0.2, 0) is 0 Å². The number of nitrogens with one attached hydrogen (secondary N) is 1. The van der Waals surface area contributed by atoms with Crippen LogP contribution < -0.4 is 10.2 Å². The van der Waals surface area contributed by atoms with Crippen molar-refractivity contribution in [1.82, 2.24) is 9.97 Å². The van der Waals surface area contributed by atoms with Crippen molar-refractivity contribution >= 4 is 11.5 Å². The van der Waals surface area contributed by atoms with Crippen LogP contribution >= 0.6 is 0 Å². The zero-order chi connectivity index (χ0) is 18.5. The Morgan fingerprint density at radius 2 is 1.77 bits per heavy atom. The fourth-order valence-corrected chi connectivity index (χ4v) is 2.56. The third-order valence-corrected chi connectivity index (χ3v) is 4.01. The second kappa shape index (κ2) is 7.78. The van der Waals surface area contributed by atoms with Crippen LogP contribution in [0, 0.1) is 13.8 Å². The molecule has 1 aromatic heterocycles. The lowest BCUT2D eigenvalue weighted by Crippen LogP contribution is -2.03. The van der Waals surface area contributed by atoms with E-state index in [0.717, 1.165) is 28.3 Å². The van der Waals surface area contributed by atoms with E-state index in [1.807, 2.05) is 44.2 Å². The number of hydrogen-bond donors (Lipinski definition) is 1. The maximum absolute atomic E-state index is 5.29. The van der Waals surface area contributed by atoms with Crippen LogP contribution in [-0.4, -0.2) is 22.8 Å². The first kappa shape index (κ1) is 17.6. The van der Waals surface area contributed by atoms with E-state index >= 15 is 0 Å². The van der Waals surface area contributed by atoms with E-state index in [9.17, 15) is 0 Å². The molecule has 0 spiro atoms. The summed E-state index contributed by atoms with van der Waals surface area (Å²) < 4.78 is 5.29. The molecule has 3 rings (SSSR count). The quantitative estimate of drug-likeness (QED) is 0.541. The summed E-state index contributed by atoms with van der Waals surface area (Å²) in [5, 5.41) is 4.46. The van der Waals surface area contributed by atoms with E-state index < -0.39 is 0 Å². The van der Waals surface area contributed by atoms with Crippen molar-refractivity contribution in [3.63, 3.8) is 0 Å². The van der Waals surface area contributed by atoms with E-state index in [-0.39, 0.29) is 0 Å². The lowest BCUT2D eigenvalue weighted by molar-refractivity contribution is 0.415. The topological polar surface area (TPSA) is 59.4 Å². The minimum absolute atomic E-state index is 0.654. The summed E-state index contributed by atoms with van der Waals surface area (Å²) in [6, 6.07) is 17.9. The fraction of sp³-hybridized carbons (Fsp3) is 0.190. The number of hydrazone groups is 1. The van der Waals surface area contributed by atoms with E-state index in [1.165, 1.54) is 5.56 Å². The Balaban J connectivity index is 1.85. The van der Waals surface area contributed by atoms with E-state index in [1.54, 1.807) is 7.11 Å². The van der Waals surface area contributed by atoms with Gasteiger partial charge < -0.3 is 4.74 Å². The molecule has 0 atom stereocenters. The first-order valence-electron chi connectivity index (χ1n) is 8.42. The van der Waals surface area contributed by atoms with Gasteiger partial charge in [0.25, 0.3) is 0 Å². The maximum Gasteiger partial charge on any atom is 0.150 e. The summed E-state index contributed by atoms with van der Waals surface area (Å²) in [5.74, 6) is 2.12. The maximum atomic E-state index is 5.29. The minimum atomic E-state index is 0.654. The molecule has 0 radical (unpaired) electrons. The van der Waals surface area contributed by atoms with Crippen molar-refractivity contribution in [2.45, 2.75) is 20.8 Å². The van der Waals surface area contributed by atoms with Gasteiger partial charge >= 0.3 is 0 Å². The van der Waals surface area contributed by atoms with Gasteiger partial charge in [0.15, 0.2) is 0 Å². The van der Waals surface area contributed by atoms with Crippen LogP contribution in [0.2, 0.25) is 0 Å². The highest BCUT2D eigenvalue weighted by molar-refractivity contribution is 5.99. The number of rotatable bonds is 5. The summed E-state index contributed by atoms with van der Waals surface area (Å²) in [6.45, 7) is 5.90. The monoisotopic (exact) mass is 346 g/mol. The Morgan fingerprint density at radius 1 is 1.00 bits per heavy atom. The molecule has 0 unspecified atom stereocenters. The van der Waals surface area contributed by atoms with Gasteiger partial charge in [-0.05, 0) is 38.5 Å². The summed E-state index contributed by atoms with van der Waals surface area (Å²) >= 11 is 0. The summed E-state index contributed by atoms with van der Waals surface area (Å²) in [4.78, 5) is 8.94. The Hall–Kier alpha value is -3.21. The molecular formula is C21H22N4O. The molecule has 5 heteroatoms. The second-order valence-electron chi connectivity index (χ2n) is 6.09. The third kappa shape index (κ3) is 4.25. The molecule has 1 N–H and O–H groups in total. The van der Waals surface area contributed by atoms with Gasteiger partial charge in [0, 0.05) is 11.6 Å². The Labute approximate surface area is 153 Å². The van der Waals surface area contributed by atoms with Gasteiger partial charge in [-0.25, -0.2) is 9.97 Å². The number of aromatic nitrogens is 2. The van der Waals surface area contributed by atoms with Gasteiger partial charge in [0.05, 0.1) is 18.5 Å². The van der Waals surface area contributed by atoms with Crippen molar-refractivity contribution in [1.29, 1.82) is 0 Å². The Kier molecular flexibility index (Phi) is 5.27. The number of ether oxygens (including phenoxy) is 1. The first-order chi connectivity index (χ1) is 12.5. The highest BCUT2D eigenvalue weighted by Crippen LogP contribution is 2.24. The molecule has 132 valence electrons. The molecule has 3 aromatic rings. The number of hydrogen-bond acceptors (Lipinski definition) is 5. The van der Waals surface area contributed by atoms with Crippen LogP contribution in [0.15, 0.2) is 59.7 Å². The van der Waals surface area contributed by atoms with Gasteiger partial charge in [0.1, 0.15) is 17.4 Å². The van der Waals surface area contributed by atoms with Crippen LogP contribution in [0.5, 0.6) is 5.75 Å². The van der Waals surface area contributed by atoms with Gasteiger partial charge in [0.2, 0.25) is 0 Å². The highest BCUT2D eigenvalue weighted by Gasteiger charge is 2.06. The molecule has 0 amide bonds. The molecule has 0 bridgehead atoms. The van der Waals surface area contributed by atoms with Crippen LogP contribution in [0.25, 0.3) is 11.3 Å². The molecule has 0 fully saturated rings. The zero-order valence-electron chi connectivity index (χ0n) is 15.4. The molecule has 2 aromatic carbocycles. The number of nitrogens with zero attached hydrogens (tertiary/aromatic N) is 3. The van der Waals surface area contributed by atoms with Crippen molar-refractivity contribution in [2.75, 3.05) is 12.5 Å². The van der Waals surface area contributed by atoms with Crippen molar-refractivity contribution in [3.8, 4) is 17.0 Å².